The van der Waals surface area contributed by atoms with Crippen LogP contribution >= 0.6 is 15.9 Å². The summed E-state index contributed by atoms with van der Waals surface area (Å²) in [6.07, 6.45) is 1.65. The van der Waals surface area contributed by atoms with Crippen molar-refractivity contribution in [2.24, 2.45) is 0 Å². The maximum absolute atomic E-state index is 14.3. The van der Waals surface area contributed by atoms with Gasteiger partial charge in [-0.15, -0.1) is 0 Å². The average Bonchev–Trinajstić information content (AvgIpc) is 3.14. The van der Waals surface area contributed by atoms with Gasteiger partial charge in [-0.1, -0.05) is 24.3 Å². The summed E-state index contributed by atoms with van der Waals surface area (Å²) in [5, 5.41) is 10.5. The Kier molecular flexibility index (Phi) is 5.76. The SMILES string of the molecule is CCNC(=O)c1ccc(CNc2cc(-c3ccccc3F)nc3c(Br)cnn23)cc1. The number of hydrogen-bond donors (Lipinski definition) is 2. The van der Waals surface area contributed by atoms with E-state index in [0.717, 1.165) is 10.0 Å². The zero-order valence-electron chi connectivity index (χ0n) is 16.2. The molecule has 152 valence electrons. The Bertz CT molecular complexity index is 1210. The number of hydrogen-bond acceptors (Lipinski definition) is 4. The molecule has 2 N–H and O–H groups in total. The molecule has 1 amide bonds. The molecule has 0 atom stereocenters. The van der Waals surface area contributed by atoms with Gasteiger partial charge >= 0.3 is 0 Å². The molecular weight excluding hydrogens is 449 g/mol. The van der Waals surface area contributed by atoms with Crippen LogP contribution in [-0.4, -0.2) is 27.0 Å². The number of rotatable bonds is 6. The fourth-order valence-corrected chi connectivity index (χ4v) is 3.45. The van der Waals surface area contributed by atoms with Crippen LogP contribution in [0.3, 0.4) is 0 Å². The lowest BCUT2D eigenvalue weighted by atomic mass is 10.1. The molecule has 6 nitrogen and oxygen atoms in total. The highest BCUT2D eigenvalue weighted by molar-refractivity contribution is 9.10. The second-order valence-corrected chi connectivity index (χ2v) is 7.50. The van der Waals surface area contributed by atoms with Gasteiger partial charge in [0.2, 0.25) is 0 Å². The second kappa shape index (κ2) is 8.62. The van der Waals surface area contributed by atoms with Gasteiger partial charge in [0, 0.05) is 30.3 Å². The maximum Gasteiger partial charge on any atom is 0.251 e. The van der Waals surface area contributed by atoms with E-state index in [4.69, 9.17) is 0 Å². The van der Waals surface area contributed by atoms with Crippen molar-refractivity contribution < 1.29 is 9.18 Å². The molecule has 0 radical (unpaired) electrons. The third-order valence-electron chi connectivity index (χ3n) is 4.61. The average molecular weight is 468 g/mol. The molecule has 30 heavy (non-hydrogen) atoms. The van der Waals surface area contributed by atoms with Crippen LogP contribution in [0.1, 0.15) is 22.8 Å². The Morgan fingerprint density at radius 1 is 1.17 bits per heavy atom. The van der Waals surface area contributed by atoms with Gasteiger partial charge in [-0.2, -0.15) is 9.61 Å². The lowest BCUT2D eigenvalue weighted by molar-refractivity contribution is 0.0956. The summed E-state index contributed by atoms with van der Waals surface area (Å²) in [5.41, 5.74) is 3.12. The first kappa shape index (κ1) is 20.0. The number of anilines is 1. The molecular formula is C22H19BrFN5O. The fourth-order valence-electron chi connectivity index (χ4n) is 3.10. The van der Waals surface area contributed by atoms with Crippen LogP contribution in [0.15, 0.2) is 65.3 Å². The van der Waals surface area contributed by atoms with E-state index in [0.29, 0.717) is 41.4 Å². The first-order chi connectivity index (χ1) is 14.6. The Labute approximate surface area is 181 Å². The summed E-state index contributed by atoms with van der Waals surface area (Å²) in [4.78, 5) is 16.5. The molecule has 2 aromatic heterocycles. The molecule has 0 aliphatic carbocycles. The molecule has 0 saturated heterocycles. The van der Waals surface area contributed by atoms with Gasteiger partial charge in [0.15, 0.2) is 5.65 Å². The fraction of sp³-hybridized carbons (Fsp3) is 0.136. The van der Waals surface area contributed by atoms with Gasteiger partial charge in [-0.05, 0) is 52.7 Å². The number of nitrogens with zero attached hydrogens (tertiary/aromatic N) is 3. The zero-order chi connectivity index (χ0) is 21.1. The third-order valence-corrected chi connectivity index (χ3v) is 5.17. The lowest BCUT2D eigenvalue weighted by Gasteiger charge is -2.12. The first-order valence-corrected chi connectivity index (χ1v) is 10.3. The number of carbonyl (C=O) groups is 1. The Morgan fingerprint density at radius 2 is 1.93 bits per heavy atom. The van der Waals surface area contributed by atoms with Crippen LogP contribution in [0.2, 0.25) is 0 Å². The molecule has 0 aliphatic heterocycles. The van der Waals surface area contributed by atoms with Crippen LogP contribution in [0.25, 0.3) is 16.9 Å². The van der Waals surface area contributed by atoms with Crippen molar-refractivity contribution in [3.05, 3.63) is 82.2 Å². The van der Waals surface area contributed by atoms with Crippen molar-refractivity contribution in [3.63, 3.8) is 0 Å². The summed E-state index contributed by atoms with van der Waals surface area (Å²) in [6, 6.07) is 15.7. The van der Waals surface area contributed by atoms with Crippen molar-refractivity contribution in [1.29, 1.82) is 0 Å². The standard InChI is InChI=1S/C22H19BrFN5O/c1-2-25-22(30)15-9-7-14(8-10-15)12-26-20-11-19(16-5-3-4-6-18(16)24)28-21-17(23)13-27-29(20)21/h3-11,13,26H,2,12H2,1H3,(H,25,30). The number of halogens is 2. The van der Waals surface area contributed by atoms with E-state index in [9.17, 15) is 9.18 Å². The van der Waals surface area contributed by atoms with Gasteiger partial charge in [0.05, 0.1) is 16.4 Å². The van der Waals surface area contributed by atoms with Gasteiger partial charge < -0.3 is 10.6 Å². The summed E-state index contributed by atoms with van der Waals surface area (Å²) in [5.74, 6) is 0.248. The minimum Gasteiger partial charge on any atom is -0.366 e. The van der Waals surface area contributed by atoms with Gasteiger partial charge in [-0.25, -0.2) is 9.37 Å². The molecule has 4 aromatic rings. The number of nitrogens with one attached hydrogen (secondary N) is 2. The van der Waals surface area contributed by atoms with Crippen molar-refractivity contribution in [3.8, 4) is 11.3 Å². The normalized spacial score (nSPS) is 10.9. The Hall–Kier alpha value is -3.26. The van der Waals surface area contributed by atoms with Crippen LogP contribution < -0.4 is 10.6 Å². The smallest absolute Gasteiger partial charge is 0.251 e. The van der Waals surface area contributed by atoms with Crippen molar-refractivity contribution in [1.82, 2.24) is 19.9 Å². The van der Waals surface area contributed by atoms with Crippen LogP contribution in [0, 0.1) is 5.82 Å². The van der Waals surface area contributed by atoms with E-state index >= 15 is 0 Å². The van der Waals surface area contributed by atoms with Gasteiger partial charge in [0.1, 0.15) is 11.6 Å². The second-order valence-electron chi connectivity index (χ2n) is 6.64. The van der Waals surface area contributed by atoms with E-state index in [1.165, 1.54) is 6.07 Å². The van der Waals surface area contributed by atoms with Gasteiger partial charge in [-0.3, -0.25) is 4.79 Å². The summed E-state index contributed by atoms with van der Waals surface area (Å²) in [7, 11) is 0. The zero-order valence-corrected chi connectivity index (χ0v) is 17.8. The highest BCUT2D eigenvalue weighted by Gasteiger charge is 2.14. The number of amides is 1. The monoisotopic (exact) mass is 467 g/mol. The Balaban J connectivity index is 1.62. The summed E-state index contributed by atoms with van der Waals surface area (Å²) in [6.45, 7) is 2.97. The van der Waals surface area contributed by atoms with Crippen LogP contribution in [0.5, 0.6) is 0 Å². The van der Waals surface area contributed by atoms with E-state index in [1.807, 2.05) is 19.1 Å². The highest BCUT2D eigenvalue weighted by Crippen LogP contribution is 2.27. The number of carbonyl (C=O) groups excluding carboxylic acids is 1. The Morgan fingerprint density at radius 3 is 2.67 bits per heavy atom. The molecule has 0 fully saturated rings. The maximum atomic E-state index is 14.3. The number of aromatic nitrogens is 3. The number of fused-ring (bicyclic) bond motifs is 1. The molecule has 0 spiro atoms. The topological polar surface area (TPSA) is 71.3 Å². The molecule has 0 aliphatic rings. The largest absolute Gasteiger partial charge is 0.366 e. The third kappa shape index (κ3) is 4.04. The predicted octanol–water partition coefficient (Wildman–Crippen LogP) is 4.66. The van der Waals surface area contributed by atoms with E-state index in [-0.39, 0.29) is 11.7 Å². The van der Waals surface area contributed by atoms with Crippen molar-refractivity contribution in [2.45, 2.75) is 13.5 Å². The van der Waals surface area contributed by atoms with E-state index in [1.54, 1.807) is 47.1 Å². The molecule has 0 saturated carbocycles. The van der Waals surface area contributed by atoms with Crippen molar-refractivity contribution in [2.75, 3.05) is 11.9 Å². The summed E-state index contributed by atoms with van der Waals surface area (Å²) < 4.78 is 16.7. The molecule has 4 rings (SSSR count). The van der Waals surface area contributed by atoms with E-state index < -0.39 is 0 Å². The lowest BCUT2D eigenvalue weighted by Crippen LogP contribution is -2.22. The molecule has 0 unspecified atom stereocenters. The highest BCUT2D eigenvalue weighted by atomic mass is 79.9. The minimum absolute atomic E-state index is 0.0937. The molecule has 2 heterocycles. The van der Waals surface area contributed by atoms with E-state index in [2.05, 4.69) is 36.6 Å². The predicted molar refractivity (Wildman–Crippen MR) is 118 cm³/mol. The first-order valence-electron chi connectivity index (χ1n) is 9.47. The number of benzene rings is 2. The van der Waals surface area contributed by atoms with Crippen molar-refractivity contribution >= 4 is 33.3 Å². The quantitative estimate of drug-likeness (QED) is 0.432. The minimum atomic E-state index is -0.336. The molecule has 8 heteroatoms. The van der Waals surface area contributed by atoms with Gasteiger partial charge in [0.25, 0.3) is 5.91 Å². The van der Waals surface area contributed by atoms with Crippen LogP contribution in [0.4, 0.5) is 10.2 Å². The summed E-state index contributed by atoms with van der Waals surface area (Å²) >= 11 is 3.45. The molecule has 2 aromatic carbocycles. The molecule has 0 bridgehead atoms. The van der Waals surface area contributed by atoms with Crippen LogP contribution in [-0.2, 0) is 6.54 Å².